The number of unbranched alkanes of at least 4 members (excludes halogenated alkanes) is 1. The summed E-state index contributed by atoms with van der Waals surface area (Å²) in [6.07, 6.45) is 0.948. The molecule has 0 spiro atoms. The molecule has 26 nitrogen and oxygen atoms in total. The molecule has 2 aliphatic heterocycles. The van der Waals surface area contributed by atoms with Gasteiger partial charge in [-0.25, -0.2) is 0 Å². The van der Waals surface area contributed by atoms with Crippen molar-refractivity contribution in [2.45, 2.75) is 235 Å². The van der Waals surface area contributed by atoms with Crippen LogP contribution in [0, 0.1) is 41.4 Å². The fraction of sp³-hybridized carbons (Fsp3) is 0.841. The number of hydrogen-bond donors (Lipinski definition) is 5. The van der Waals surface area contributed by atoms with Gasteiger partial charge in [0.25, 0.3) is 0 Å². The molecule has 0 saturated carbocycles. The van der Waals surface area contributed by atoms with Crippen molar-refractivity contribution < 1.29 is 62.6 Å². The third-order valence-corrected chi connectivity index (χ3v) is 19.2. The van der Waals surface area contributed by atoms with Crippen molar-refractivity contribution in [1.29, 1.82) is 0 Å². The van der Waals surface area contributed by atoms with Crippen LogP contribution in [-0.2, 0) is 57.5 Å². The van der Waals surface area contributed by atoms with Gasteiger partial charge in [0.2, 0.25) is 65.0 Å². The Kier molecular flexibility index (Phi) is 35.3. The van der Waals surface area contributed by atoms with E-state index in [1.807, 2.05) is 55.4 Å². The fourth-order valence-corrected chi connectivity index (χ4v) is 12.9. The van der Waals surface area contributed by atoms with Gasteiger partial charge in [-0.3, -0.25) is 57.6 Å². The topological polar surface area (TPSA) is 295 Å². The number of rotatable bonds is 20. The van der Waals surface area contributed by atoms with E-state index in [1.165, 1.54) is 99.5 Å². The number of ether oxygens (including phenoxy) is 1. The summed E-state index contributed by atoms with van der Waals surface area (Å²) in [4.78, 5) is 177. The number of likely N-dealkylation sites (N-methyl/N-ethyl adjacent to an activating group) is 7. The predicted octanol–water partition coefficient (Wildman–Crippen LogP) is 2.74. The lowest BCUT2D eigenvalue weighted by molar-refractivity contribution is -0.157. The molecular weight excluding hydrogens is 1220 g/mol. The smallest absolute Gasteiger partial charge is 0.246 e. The lowest BCUT2D eigenvalue weighted by Crippen LogP contribution is -2.64. The van der Waals surface area contributed by atoms with Gasteiger partial charge in [-0.2, -0.15) is 0 Å². The van der Waals surface area contributed by atoms with E-state index in [2.05, 4.69) is 31.1 Å². The Morgan fingerprint density at radius 1 is 0.463 bits per heavy atom. The van der Waals surface area contributed by atoms with Crippen molar-refractivity contribution in [1.82, 2.24) is 65.4 Å². The highest BCUT2D eigenvalue weighted by molar-refractivity contribution is 6.00. The quantitative estimate of drug-likeness (QED) is 0.117. The van der Waals surface area contributed by atoms with Crippen molar-refractivity contribution >= 4 is 65.0 Å². The molecule has 2 fully saturated rings. The molecule has 2 heterocycles. The summed E-state index contributed by atoms with van der Waals surface area (Å²) >= 11 is 0. The van der Waals surface area contributed by atoms with Gasteiger partial charge in [0, 0.05) is 95.7 Å². The van der Waals surface area contributed by atoms with Gasteiger partial charge < -0.3 is 70.3 Å². The number of piperazine rings is 1. The first-order chi connectivity index (χ1) is 44.1. The Balaban J connectivity index is 3.04. The summed E-state index contributed by atoms with van der Waals surface area (Å²) in [5.41, 5.74) is 0. The molecule has 5 N–H and O–H groups in total. The molecular formula is C69H127N13O13. The minimum absolute atomic E-state index is 0.0153. The van der Waals surface area contributed by atoms with Crippen LogP contribution < -0.4 is 21.3 Å². The number of nitrogens with one attached hydrogen (secondary N) is 4. The number of amides is 11. The number of aliphatic hydroxyl groups excluding tert-OH is 1. The third kappa shape index (κ3) is 23.6. The molecule has 26 heteroatoms. The van der Waals surface area contributed by atoms with E-state index in [4.69, 9.17) is 4.74 Å². The molecule has 0 aromatic rings. The Labute approximate surface area is 569 Å². The largest absolute Gasteiger partial charge is 0.390 e. The van der Waals surface area contributed by atoms with Gasteiger partial charge in [0.1, 0.15) is 66.5 Å². The van der Waals surface area contributed by atoms with Gasteiger partial charge in [-0.15, -0.1) is 0 Å². The summed E-state index contributed by atoms with van der Waals surface area (Å²) in [5.74, 6) is -10.1. The monoisotopic (exact) mass is 1350 g/mol. The van der Waals surface area contributed by atoms with Gasteiger partial charge in [0.15, 0.2) is 0 Å². The fourth-order valence-electron chi connectivity index (χ4n) is 12.9. The molecule has 0 radical (unpaired) electrons. The summed E-state index contributed by atoms with van der Waals surface area (Å²) in [6.45, 7) is 34.4. The van der Waals surface area contributed by atoms with Crippen LogP contribution in [0.5, 0.6) is 0 Å². The first-order valence-corrected chi connectivity index (χ1v) is 34.8. The Hall–Kier alpha value is -5.99. The predicted molar refractivity (Wildman–Crippen MR) is 368 cm³/mol. The average Bonchev–Trinajstić information content (AvgIpc) is 0.825. The minimum Gasteiger partial charge on any atom is -0.390 e. The van der Waals surface area contributed by atoms with Gasteiger partial charge in [-0.1, -0.05) is 110 Å². The first-order valence-electron chi connectivity index (χ1n) is 34.8. The van der Waals surface area contributed by atoms with Crippen LogP contribution in [0.2, 0.25) is 0 Å². The molecule has 0 bridgehead atoms. The van der Waals surface area contributed by atoms with E-state index in [0.717, 1.165) is 31.0 Å². The molecule has 2 saturated heterocycles. The van der Waals surface area contributed by atoms with Crippen molar-refractivity contribution in [3.05, 3.63) is 0 Å². The number of carbonyl (C=O) groups is 11. The molecule has 95 heavy (non-hydrogen) atoms. The minimum atomic E-state index is -1.60. The zero-order valence-electron chi connectivity index (χ0n) is 62.7. The number of carbonyl (C=O) groups excluding carboxylic acids is 11. The van der Waals surface area contributed by atoms with Crippen molar-refractivity contribution in [3.8, 4) is 0 Å². The van der Waals surface area contributed by atoms with Crippen LogP contribution in [0.4, 0.5) is 0 Å². The van der Waals surface area contributed by atoms with Crippen LogP contribution in [0.3, 0.4) is 0 Å². The van der Waals surface area contributed by atoms with Crippen LogP contribution in [0.25, 0.3) is 0 Å². The van der Waals surface area contributed by atoms with E-state index in [1.54, 1.807) is 48.7 Å². The molecule has 14 atom stereocenters. The van der Waals surface area contributed by atoms with E-state index < -0.39 is 161 Å². The highest BCUT2D eigenvalue weighted by atomic mass is 16.5. The van der Waals surface area contributed by atoms with Gasteiger partial charge >= 0.3 is 0 Å². The second-order valence-corrected chi connectivity index (χ2v) is 29.2. The molecule has 0 aliphatic carbocycles. The van der Waals surface area contributed by atoms with E-state index in [0.29, 0.717) is 39.1 Å². The summed E-state index contributed by atoms with van der Waals surface area (Å²) in [6, 6.07) is -13.8. The summed E-state index contributed by atoms with van der Waals surface area (Å²) < 4.78 is 5.32. The Morgan fingerprint density at radius 2 is 0.916 bits per heavy atom. The van der Waals surface area contributed by atoms with Crippen LogP contribution >= 0.6 is 0 Å². The molecule has 2 aliphatic rings. The number of hydrogen-bond acceptors (Lipinski definition) is 15. The Morgan fingerprint density at radius 3 is 1.40 bits per heavy atom. The Bertz CT molecular complexity index is 2550. The average molecular weight is 1350 g/mol. The highest BCUT2D eigenvalue weighted by Gasteiger charge is 2.47. The van der Waals surface area contributed by atoms with Crippen LogP contribution in [0.1, 0.15) is 163 Å². The van der Waals surface area contributed by atoms with Crippen LogP contribution in [-0.4, -0.2) is 289 Å². The highest BCUT2D eigenvalue weighted by Crippen LogP contribution is 2.27. The standard InChI is InChI=1S/C69H127N13O13/c1-26-28-29-45(13)58(83)57-62(87)72-50(27-2)65(90)74(18)49(17)64(89)79(23)56(46(14)39-82-32-30-81(31-33-82)34-35-95-25)61(86)73-54(43(9)10)68(93)75(19)51(36-40(3)4)60(85)70-47(15)59(84)71-48(16)63(88)76(20)52(37-41(5)6)66(91)77(21)53(38-42(7)8)67(92)78(22)55(44(11)12)69(94)80(57)24/h40-58,83H,26-39H2,1-25H3,(H,70,85)(H,71,84)(H,72,87)(H,73,86)/t45-,46+,47+,48-,49-,50+,51+,52+,53+,54+,55+,56?,57+,58-/m1/s1. The van der Waals surface area contributed by atoms with Crippen LogP contribution in [0.15, 0.2) is 0 Å². The molecule has 2 rings (SSSR count). The lowest BCUT2D eigenvalue weighted by Gasteiger charge is -2.42. The zero-order chi connectivity index (χ0) is 73.0. The van der Waals surface area contributed by atoms with Crippen molar-refractivity contribution in [3.63, 3.8) is 0 Å². The van der Waals surface area contributed by atoms with Gasteiger partial charge in [0.05, 0.1) is 12.7 Å². The number of methoxy groups -OCH3 is 1. The molecule has 0 aromatic carbocycles. The molecule has 11 amide bonds. The molecule has 0 aromatic heterocycles. The van der Waals surface area contributed by atoms with Crippen molar-refractivity contribution in [2.75, 3.05) is 102 Å². The molecule has 546 valence electrons. The first kappa shape index (κ1) is 85.1. The maximum atomic E-state index is 15.3. The maximum absolute atomic E-state index is 15.3. The van der Waals surface area contributed by atoms with Gasteiger partial charge in [-0.05, 0) is 94.3 Å². The number of nitrogens with zero attached hydrogens (tertiary/aromatic N) is 9. The van der Waals surface area contributed by atoms with E-state index in [-0.39, 0.29) is 43.4 Å². The molecule has 1 unspecified atom stereocenters. The second kappa shape index (κ2) is 39.4. The lowest BCUT2D eigenvalue weighted by atomic mass is 9.90. The van der Waals surface area contributed by atoms with E-state index in [9.17, 15) is 29.1 Å². The summed E-state index contributed by atoms with van der Waals surface area (Å²) in [7, 11) is 11.7. The van der Waals surface area contributed by atoms with Crippen molar-refractivity contribution in [2.24, 2.45) is 41.4 Å². The van der Waals surface area contributed by atoms with E-state index >= 15 is 28.8 Å². The zero-order valence-corrected chi connectivity index (χ0v) is 62.7. The SMILES string of the molecule is CCCC[C@@H](C)[C@@H](O)[C@H]1C(=O)N[C@@H](CC)C(=O)N(C)[C@H](C)C(=O)N(C)C([C@@H](C)CN2CCN(CCOC)CC2)C(=O)N[C@@H](C(C)C)C(=O)N(C)[C@@H](CC(C)C)C(=O)N[C@@H](C)C(=O)N[C@H](C)C(=O)N(C)[C@@H](CC(C)C)C(=O)N(C)[C@@H](CC(C)C)C(=O)N(C)[C@@H](C(C)C)C(=O)N1C. The second-order valence-electron chi connectivity index (χ2n) is 29.2. The maximum Gasteiger partial charge on any atom is 0.246 e. The third-order valence-electron chi connectivity index (χ3n) is 19.2. The summed E-state index contributed by atoms with van der Waals surface area (Å²) in [5, 5.41) is 23.5. The number of aliphatic hydroxyl groups is 1. The normalized spacial score (nSPS) is 27.7.